The van der Waals surface area contributed by atoms with Crippen molar-refractivity contribution in [2.45, 2.75) is 82.5 Å². The predicted molar refractivity (Wildman–Crippen MR) is 164 cm³/mol. The molecule has 2 aromatic carbocycles. The van der Waals surface area contributed by atoms with Crippen LogP contribution in [0.15, 0.2) is 67.0 Å². The van der Waals surface area contributed by atoms with E-state index in [0.29, 0.717) is 25.0 Å². The fourth-order valence-corrected chi connectivity index (χ4v) is 6.62. The van der Waals surface area contributed by atoms with Gasteiger partial charge in [0, 0.05) is 51.3 Å². The van der Waals surface area contributed by atoms with Crippen LogP contribution in [0.3, 0.4) is 0 Å². The summed E-state index contributed by atoms with van der Waals surface area (Å²) in [4.78, 5) is 35.2. The molecule has 1 aromatic heterocycles. The number of aryl methyl sites for hydroxylation is 1. The van der Waals surface area contributed by atoms with Crippen molar-refractivity contribution < 1.29 is 45.4 Å². The molecule has 0 radical (unpaired) electrons. The minimum atomic E-state index is -4.83. The molecule has 2 saturated heterocycles. The first kappa shape index (κ1) is 35.0. The van der Waals surface area contributed by atoms with Gasteiger partial charge in [0.05, 0.1) is 22.7 Å². The molecule has 2 aliphatic rings. The molecular formula is C35H37F6N3O4. The van der Waals surface area contributed by atoms with Crippen LogP contribution in [0.5, 0.6) is 11.5 Å². The number of alkyl halides is 6. The molecule has 0 spiro atoms. The molecule has 258 valence electrons. The van der Waals surface area contributed by atoms with Gasteiger partial charge in [-0.15, -0.1) is 0 Å². The van der Waals surface area contributed by atoms with E-state index in [0.717, 1.165) is 48.3 Å². The van der Waals surface area contributed by atoms with Gasteiger partial charge >= 0.3 is 12.4 Å². The summed E-state index contributed by atoms with van der Waals surface area (Å²) >= 11 is 0. The summed E-state index contributed by atoms with van der Waals surface area (Å²) in [6.45, 7) is 4.37. The standard InChI is InChI=1S/C35H37F6N3O4/c1-3-6-30-33(48-26-11-9-24(10-12-26)34(36,37)38,16-5-18-44(30)31(45)28-22-42-17-13-29(28)35(39,40)41)32(46)43-19-14-25(15-20-43)47-27-8-4-7-23(2)21-27/h4,7-13,17,21-22,25,30H,3,5-6,14-16,18-20H2,1-2H3/t30-,33+/m1/s1. The predicted octanol–water partition coefficient (Wildman–Crippen LogP) is 7.72. The summed E-state index contributed by atoms with van der Waals surface area (Å²) in [5.74, 6) is -0.747. The highest BCUT2D eigenvalue weighted by molar-refractivity contribution is 5.97. The van der Waals surface area contributed by atoms with Crippen LogP contribution >= 0.6 is 0 Å². The molecule has 7 nitrogen and oxygen atoms in total. The van der Waals surface area contributed by atoms with Gasteiger partial charge < -0.3 is 19.3 Å². The molecule has 5 rings (SSSR count). The van der Waals surface area contributed by atoms with Crippen molar-refractivity contribution in [2.24, 2.45) is 0 Å². The lowest BCUT2D eigenvalue weighted by Gasteiger charge is -2.50. The van der Waals surface area contributed by atoms with Crippen molar-refractivity contribution in [3.8, 4) is 11.5 Å². The molecule has 2 fully saturated rings. The smallest absolute Gasteiger partial charge is 0.417 e. The molecule has 0 N–H and O–H groups in total. The number of hydrogen-bond acceptors (Lipinski definition) is 5. The number of carbonyl (C=O) groups is 2. The molecule has 3 heterocycles. The molecule has 0 unspecified atom stereocenters. The zero-order valence-electron chi connectivity index (χ0n) is 26.6. The summed E-state index contributed by atoms with van der Waals surface area (Å²) < 4.78 is 94.5. The lowest BCUT2D eigenvalue weighted by molar-refractivity contribution is -0.161. The molecule has 2 atom stereocenters. The van der Waals surface area contributed by atoms with E-state index in [1.54, 1.807) is 4.90 Å². The number of carbonyl (C=O) groups excluding carboxylic acids is 2. The summed E-state index contributed by atoms with van der Waals surface area (Å²) in [7, 11) is 0. The minimum Gasteiger partial charge on any atom is -0.490 e. The quantitative estimate of drug-likeness (QED) is 0.229. The van der Waals surface area contributed by atoms with Crippen molar-refractivity contribution >= 4 is 11.8 Å². The first-order chi connectivity index (χ1) is 22.7. The van der Waals surface area contributed by atoms with Gasteiger partial charge in [0.2, 0.25) is 5.60 Å². The van der Waals surface area contributed by atoms with E-state index in [4.69, 9.17) is 9.47 Å². The fraction of sp³-hybridized carbons (Fsp3) is 0.457. The van der Waals surface area contributed by atoms with Gasteiger partial charge in [-0.1, -0.05) is 25.5 Å². The lowest BCUT2D eigenvalue weighted by Crippen LogP contribution is -2.68. The number of aromatic nitrogens is 1. The zero-order valence-corrected chi connectivity index (χ0v) is 26.6. The van der Waals surface area contributed by atoms with Crippen LogP contribution in [0.2, 0.25) is 0 Å². The maximum Gasteiger partial charge on any atom is 0.417 e. The Kier molecular flexibility index (Phi) is 10.3. The van der Waals surface area contributed by atoms with E-state index >= 15 is 0 Å². The van der Waals surface area contributed by atoms with E-state index in [1.807, 2.05) is 38.1 Å². The highest BCUT2D eigenvalue weighted by Crippen LogP contribution is 2.41. The van der Waals surface area contributed by atoms with Crippen LogP contribution in [0.25, 0.3) is 0 Å². The Morgan fingerprint density at radius 2 is 1.65 bits per heavy atom. The fourth-order valence-electron chi connectivity index (χ4n) is 6.62. The Morgan fingerprint density at radius 3 is 2.27 bits per heavy atom. The number of benzene rings is 2. The maximum atomic E-state index is 14.7. The van der Waals surface area contributed by atoms with Crippen LogP contribution in [0.1, 0.15) is 72.5 Å². The lowest BCUT2D eigenvalue weighted by atomic mass is 9.79. The van der Waals surface area contributed by atoms with Gasteiger partial charge in [0.15, 0.2) is 0 Å². The minimum absolute atomic E-state index is 0.0261. The van der Waals surface area contributed by atoms with Crippen LogP contribution in [-0.4, -0.2) is 64.0 Å². The number of amides is 2. The molecule has 2 aliphatic heterocycles. The van der Waals surface area contributed by atoms with Gasteiger partial charge in [-0.2, -0.15) is 26.3 Å². The molecule has 13 heteroatoms. The number of likely N-dealkylation sites (tertiary alicyclic amines) is 2. The Morgan fingerprint density at radius 1 is 0.938 bits per heavy atom. The number of nitrogens with zero attached hydrogens (tertiary/aromatic N) is 3. The Labute approximate surface area is 274 Å². The number of ether oxygens (including phenoxy) is 2. The number of rotatable bonds is 8. The maximum absolute atomic E-state index is 14.7. The van der Waals surface area contributed by atoms with Crippen LogP contribution < -0.4 is 9.47 Å². The Hall–Kier alpha value is -4.29. The van der Waals surface area contributed by atoms with Crippen molar-refractivity contribution in [3.05, 3.63) is 89.2 Å². The Bertz CT molecular complexity index is 1590. The number of pyridine rings is 1. The average molecular weight is 678 g/mol. The van der Waals surface area contributed by atoms with E-state index in [-0.39, 0.29) is 50.8 Å². The first-order valence-electron chi connectivity index (χ1n) is 15.9. The molecular weight excluding hydrogens is 640 g/mol. The molecule has 2 amide bonds. The topological polar surface area (TPSA) is 72.0 Å². The van der Waals surface area contributed by atoms with Crippen molar-refractivity contribution in [2.75, 3.05) is 19.6 Å². The average Bonchev–Trinajstić information content (AvgIpc) is 3.05. The Balaban J connectivity index is 1.49. The van der Waals surface area contributed by atoms with Crippen LogP contribution in [0.4, 0.5) is 26.3 Å². The van der Waals surface area contributed by atoms with Gasteiger partial charge in [-0.3, -0.25) is 14.6 Å². The third-order valence-electron chi connectivity index (χ3n) is 8.91. The third kappa shape index (κ3) is 7.55. The molecule has 0 saturated carbocycles. The third-order valence-corrected chi connectivity index (χ3v) is 8.91. The van der Waals surface area contributed by atoms with Crippen LogP contribution in [-0.2, 0) is 17.1 Å². The molecule has 3 aromatic rings. The summed E-state index contributed by atoms with van der Waals surface area (Å²) in [6, 6.07) is 11.2. The summed E-state index contributed by atoms with van der Waals surface area (Å²) in [5, 5.41) is 0. The number of piperidine rings is 2. The molecule has 48 heavy (non-hydrogen) atoms. The van der Waals surface area contributed by atoms with Crippen LogP contribution in [0, 0.1) is 6.92 Å². The number of halogens is 6. The van der Waals surface area contributed by atoms with Crippen molar-refractivity contribution in [1.82, 2.24) is 14.8 Å². The van der Waals surface area contributed by atoms with Gasteiger partial charge in [0.1, 0.15) is 17.6 Å². The van der Waals surface area contributed by atoms with Crippen molar-refractivity contribution in [3.63, 3.8) is 0 Å². The highest BCUT2D eigenvalue weighted by atomic mass is 19.4. The van der Waals surface area contributed by atoms with Gasteiger partial charge in [-0.25, -0.2) is 0 Å². The molecule has 0 bridgehead atoms. The van der Waals surface area contributed by atoms with E-state index < -0.39 is 52.5 Å². The van der Waals surface area contributed by atoms with Gasteiger partial charge in [-0.05, 0) is 67.8 Å². The second-order valence-corrected chi connectivity index (χ2v) is 12.3. The second-order valence-electron chi connectivity index (χ2n) is 12.3. The van der Waals surface area contributed by atoms with Gasteiger partial charge in [0.25, 0.3) is 11.8 Å². The monoisotopic (exact) mass is 677 g/mol. The van der Waals surface area contributed by atoms with E-state index in [2.05, 4.69) is 4.98 Å². The highest BCUT2D eigenvalue weighted by Gasteiger charge is 2.56. The largest absolute Gasteiger partial charge is 0.490 e. The zero-order chi connectivity index (χ0) is 34.7. The first-order valence-corrected chi connectivity index (χ1v) is 15.9. The number of hydrogen-bond donors (Lipinski definition) is 0. The van der Waals surface area contributed by atoms with E-state index in [9.17, 15) is 35.9 Å². The summed E-state index contributed by atoms with van der Waals surface area (Å²) in [5.41, 5.74) is -3.46. The van der Waals surface area contributed by atoms with E-state index in [1.165, 1.54) is 4.90 Å². The summed E-state index contributed by atoms with van der Waals surface area (Å²) in [6.07, 6.45) is -5.90. The molecule has 0 aliphatic carbocycles. The van der Waals surface area contributed by atoms with Crippen molar-refractivity contribution in [1.29, 1.82) is 0 Å². The SMILES string of the molecule is CCC[C@H]1N(C(=O)c2cnccc2C(F)(F)F)CCC[C@@]1(Oc1ccc(C(F)(F)F)cc1)C(=O)N1CCC(Oc2cccc(C)c2)CC1. The second kappa shape index (κ2) is 14.1. The normalized spacial score (nSPS) is 20.8.